The summed E-state index contributed by atoms with van der Waals surface area (Å²) in [5.41, 5.74) is 3.83. The number of fused-ring (bicyclic) bond motifs is 7. The van der Waals surface area contributed by atoms with Crippen molar-refractivity contribution in [3.05, 3.63) is 53.6 Å². The van der Waals surface area contributed by atoms with E-state index in [0.717, 1.165) is 63.7 Å². The van der Waals surface area contributed by atoms with Gasteiger partial charge in [-0.3, -0.25) is 4.79 Å². The molecule has 3 N–H and O–H groups in total. The van der Waals surface area contributed by atoms with Gasteiger partial charge in [-0.1, -0.05) is 65.0 Å². The van der Waals surface area contributed by atoms with Gasteiger partial charge in [-0.2, -0.15) is 0 Å². The molecule has 5 aliphatic carbocycles. The fraction of sp³-hybridized carbons (Fsp3) is 0.707. The number of hydrogen-bond acceptors (Lipinski definition) is 4. The van der Waals surface area contributed by atoms with Crippen molar-refractivity contribution >= 4 is 17.5 Å². The Morgan fingerprint density at radius 2 is 1.62 bits per heavy atom. The maximum absolute atomic E-state index is 13.3. The van der Waals surface area contributed by atoms with Gasteiger partial charge in [-0.25, -0.2) is 4.79 Å². The zero-order valence-electron chi connectivity index (χ0n) is 30.1. The molecule has 0 saturated heterocycles. The summed E-state index contributed by atoms with van der Waals surface area (Å²) in [6, 6.07) is 7.49. The molecule has 9 atom stereocenters. The summed E-state index contributed by atoms with van der Waals surface area (Å²) in [5, 5.41) is 23.6. The van der Waals surface area contributed by atoms with Crippen molar-refractivity contribution in [2.24, 2.45) is 56.7 Å². The minimum absolute atomic E-state index is 0.0323. The number of aromatic carboxylic acids is 1. The van der Waals surface area contributed by atoms with Gasteiger partial charge in [-0.05, 0) is 146 Å². The average molecular weight is 645 g/mol. The van der Waals surface area contributed by atoms with Crippen molar-refractivity contribution < 1.29 is 19.8 Å². The fourth-order valence-corrected chi connectivity index (χ4v) is 13.2. The third-order valence-corrected chi connectivity index (χ3v) is 15.6. The average Bonchev–Trinajstić information content (AvgIpc) is 3.41. The lowest BCUT2D eigenvalue weighted by Gasteiger charge is -2.72. The molecule has 0 unspecified atom stereocenters. The lowest BCUT2D eigenvalue weighted by Crippen LogP contribution is -2.66. The van der Waals surface area contributed by atoms with E-state index >= 15 is 0 Å². The number of nitrogens with zero attached hydrogens (tertiary/aromatic N) is 1. The Hall–Kier alpha value is -2.44. The molecule has 47 heavy (non-hydrogen) atoms. The minimum Gasteiger partial charge on any atom is -0.481 e. The molecule has 0 radical (unpaired) electrons. The van der Waals surface area contributed by atoms with Crippen LogP contribution in [0.4, 0.5) is 0 Å². The largest absolute Gasteiger partial charge is 0.481 e. The SMILES string of the molecule is C=C(CN(C)CCNC)[C@@H]1CC[C@]2(C(=O)O)CC[C@]3(C)[C@H](CC[C@@H]4[C@@]5(C)CC=C(c6ccc(C(=O)O)cc6)C(C)(C)[C@@H]5CC[C@]43C)[C@@H]12. The van der Waals surface area contributed by atoms with Crippen molar-refractivity contribution in [1.82, 2.24) is 10.2 Å². The van der Waals surface area contributed by atoms with Crippen LogP contribution in [0.25, 0.3) is 5.57 Å². The van der Waals surface area contributed by atoms with E-state index in [1.807, 2.05) is 19.2 Å². The molecule has 0 aliphatic heterocycles. The topological polar surface area (TPSA) is 89.9 Å². The molecule has 6 rings (SSSR count). The first-order chi connectivity index (χ1) is 22.1. The van der Waals surface area contributed by atoms with Gasteiger partial charge in [-0.15, -0.1) is 0 Å². The van der Waals surface area contributed by atoms with Gasteiger partial charge in [0.15, 0.2) is 0 Å². The second-order valence-corrected chi connectivity index (χ2v) is 17.7. The minimum atomic E-state index is -0.884. The quantitative estimate of drug-likeness (QED) is 0.235. The Balaban J connectivity index is 1.32. The molecule has 4 saturated carbocycles. The Morgan fingerprint density at radius 1 is 0.915 bits per heavy atom. The van der Waals surface area contributed by atoms with Crippen LogP contribution in [0.1, 0.15) is 108 Å². The van der Waals surface area contributed by atoms with Crippen LogP contribution >= 0.6 is 0 Å². The molecular weight excluding hydrogens is 584 g/mol. The highest BCUT2D eigenvalue weighted by atomic mass is 16.4. The first-order valence-corrected chi connectivity index (χ1v) is 18.4. The van der Waals surface area contributed by atoms with Crippen molar-refractivity contribution in [2.75, 3.05) is 33.7 Å². The van der Waals surface area contributed by atoms with E-state index in [2.05, 4.69) is 64.5 Å². The number of likely N-dealkylation sites (N-methyl/N-ethyl adjacent to an activating group) is 2. The molecule has 6 nitrogen and oxygen atoms in total. The Bertz CT molecular complexity index is 1450. The van der Waals surface area contributed by atoms with Crippen LogP contribution in [0.15, 0.2) is 42.5 Å². The first-order valence-electron chi connectivity index (χ1n) is 18.4. The van der Waals surface area contributed by atoms with Crippen LogP contribution in [0.3, 0.4) is 0 Å². The van der Waals surface area contributed by atoms with Crippen molar-refractivity contribution in [3.8, 4) is 0 Å². The number of rotatable bonds is 9. The zero-order valence-corrected chi connectivity index (χ0v) is 30.1. The fourth-order valence-electron chi connectivity index (χ4n) is 13.2. The Morgan fingerprint density at radius 3 is 2.26 bits per heavy atom. The summed E-state index contributed by atoms with van der Waals surface area (Å²) in [5.74, 6) is 0.494. The Kier molecular flexibility index (Phi) is 8.69. The number of nitrogens with one attached hydrogen (secondary N) is 1. The van der Waals surface area contributed by atoms with E-state index in [0.29, 0.717) is 23.3 Å². The molecule has 0 amide bonds. The number of carboxylic acids is 2. The molecule has 0 spiro atoms. The molecule has 5 aliphatic rings. The number of carboxylic acid groups (broad SMARTS) is 2. The number of allylic oxidation sites excluding steroid dienone is 2. The maximum atomic E-state index is 13.3. The van der Waals surface area contributed by atoms with Crippen LogP contribution in [-0.4, -0.2) is 60.8 Å². The molecule has 1 aromatic carbocycles. The van der Waals surface area contributed by atoms with Gasteiger partial charge >= 0.3 is 11.9 Å². The molecular formula is C41H60N2O4. The van der Waals surface area contributed by atoms with E-state index in [1.54, 1.807) is 12.1 Å². The first kappa shape index (κ1) is 34.4. The van der Waals surface area contributed by atoms with E-state index < -0.39 is 17.4 Å². The van der Waals surface area contributed by atoms with Crippen LogP contribution in [0, 0.1) is 56.7 Å². The summed E-state index contributed by atoms with van der Waals surface area (Å²) < 4.78 is 0. The van der Waals surface area contributed by atoms with Gasteiger partial charge in [0.05, 0.1) is 11.0 Å². The lowest BCUT2D eigenvalue weighted by molar-refractivity contribution is -0.228. The zero-order chi connectivity index (χ0) is 34.2. The van der Waals surface area contributed by atoms with Gasteiger partial charge in [0.2, 0.25) is 0 Å². The summed E-state index contributed by atoms with van der Waals surface area (Å²) in [6.07, 6.45) is 11.7. The van der Waals surface area contributed by atoms with Crippen LogP contribution in [-0.2, 0) is 4.79 Å². The third kappa shape index (κ3) is 5.01. The van der Waals surface area contributed by atoms with E-state index in [-0.39, 0.29) is 33.5 Å². The number of aliphatic carboxylic acids is 1. The van der Waals surface area contributed by atoms with Crippen LogP contribution < -0.4 is 5.32 Å². The summed E-state index contributed by atoms with van der Waals surface area (Å²) >= 11 is 0. The third-order valence-electron chi connectivity index (χ3n) is 15.6. The van der Waals surface area contributed by atoms with Gasteiger partial charge in [0.1, 0.15) is 0 Å². The molecule has 0 heterocycles. The number of benzene rings is 1. The van der Waals surface area contributed by atoms with Crippen molar-refractivity contribution in [3.63, 3.8) is 0 Å². The summed E-state index contributed by atoms with van der Waals surface area (Å²) in [6.45, 7) is 20.0. The monoisotopic (exact) mass is 644 g/mol. The predicted molar refractivity (Wildman–Crippen MR) is 189 cm³/mol. The van der Waals surface area contributed by atoms with Gasteiger partial charge in [0, 0.05) is 19.6 Å². The van der Waals surface area contributed by atoms with Gasteiger partial charge < -0.3 is 20.4 Å². The highest BCUT2D eigenvalue weighted by Crippen LogP contribution is 2.77. The normalized spacial score (nSPS) is 40.4. The molecule has 1 aromatic rings. The van der Waals surface area contributed by atoms with E-state index in [1.165, 1.54) is 30.4 Å². The molecule has 258 valence electrons. The summed E-state index contributed by atoms with van der Waals surface area (Å²) in [4.78, 5) is 27.1. The highest BCUT2D eigenvalue weighted by molar-refractivity contribution is 5.88. The highest BCUT2D eigenvalue weighted by Gasteiger charge is 2.71. The Labute approximate surface area is 283 Å². The summed E-state index contributed by atoms with van der Waals surface area (Å²) in [7, 11) is 4.15. The lowest BCUT2D eigenvalue weighted by atomic mass is 9.32. The number of hydrogen-bond donors (Lipinski definition) is 3. The van der Waals surface area contributed by atoms with E-state index in [9.17, 15) is 19.8 Å². The smallest absolute Gasteiger partial charge is 0.335 e. The van der Waals surface area contributed by atoms with E-state index in [4.69, 9.17) is 0 Å². The van der Waals surface area contributed by atoms with Gasteiger partial charge in [0.25, 0.3) is 0 Å². The molecule has 0 aromatic heterocycles. The van der Waals surface area contributed by atoms with Crippen LogP contribution in [0.2, 0.25) is 0 Å². The van der Waals surface area contributed by atoms with Crippen molar-refractivity contribution in [2.45, 2.75) is 92.4 Å². The molecule has 0 bridgehead atoms. The molecule has 4 fully saturated rings. The predicted octanol–water partition coefficient (Wildman–Crippen LogP) is 8.25. The second kappa shape index (κ2) is 11.9. The van der Waals surface area contributed by atoms with Crippen molar-refractivity contribution in [1.29, 1.82) is 0 Å². The standard InChI is InChI=1S/C41H60N2O4/c1-26(25-43(8)24-23-42-7)29-15-20-41(36(46)47)22-21-39(5)31(34(29)41)13-14-33-38(4)18-16-30(27-9-11-28(12-10-27)35(44)45)37(2,3)32(38)17-19-40(33,39)6/h9-12,16,29,31-34,42H,1,13-15,17-25H2,2-8H3,(H,44,45)(H,46,47)/t29-,31+,32-,33+,34+,38-,39+,40+,41-/m0/s1. The molecule has 6 heteroatoms. The maximum Gasteiger partial charge on any atom is 0.335 e. The van der Waals surface area contributed by atoms with Crippen LogP contribution in [0.5, 0.6) is 0 Å². The second-order valence-electron chi connectivity index (χ2n) is 17.7. The number of carbonyl (C=O) groups is 2.